The summed E-state index contributed by atoms with van der Waals surface area (Å²) in [5.41, 5.74) is 2.74. The van der Waals surface area contributed by atoms with Crippen LogP contribution >= 0.6 is 22.7 Å². The molecule has 0 unspecified atom stereocenters. The Morgan fingerprint density at radius 1 is 0.600 bits per heavy atom. The number of nitrogens with zero attached hydrogens (tertiary/aromatic N) is 2. The van der Waals surface area contributed by atoms with E-state index in [0.717, 1.165) is 31.9 Å². The monoisotopic (exact) mass is 426 g/mol. The molecule has 5 aromatic rings. The Morgan fingerprint density at radius 3 is 1.60 bits per heavy atom. The minimum absolute atomic E-state index is 0.309. The van der Waals surface area contributed by atoms with Crippen LogP contribution in [0.25, 0.3) is 31.9 Å². The molecule has 0 saturated carbocycles. The van der Waals surface area contributed by atoms with E-state index in [1.165, 1.54) is 5.01 Å². The molecule has 30 heavy (non-hydrogen) atoms. The Hall–Kier alpha value is -3.48. The predicted octanol–water partition coefficient (Wildman–Crippen LogP) is 6.03. The van der Waals surface area contributed by atoms with E-state index < -0.39 is 0 Å². The van der Waals surface area contributed by atoms with Crippen LogP contribution in [0.15, 0.2) is 83.6 Å². The van der Waals surface area contributed by atoms with Crippen molar-refractivity contribution in [2.75, 3.05) is 5.01 Å². The highest BCUT2D eigenvalue weighted by atomic mass is 32.1. The molecule has 6 rings (SSSR count). The van der Waals surface area contributed by atoms with Crippen LogP contribution < -0.4 is 5.01 Å². The molecule has 0 atom stereocenters. The second-order valence-electron chi connectivity index (χ2n) is 7.00. The quantitative estimate of drug-likeness (QED) is 0.331. The SMILES string of the molecule is O=C1c2cccc3cccc(c23)C(=O)N1n1c(-c2cccs2)ccc1-c1cccs1. The van der Waals surface area contributed by atoms with Gasteiger partial charge in [-0.25, -0.2) is 4.68 Å². The van der Waals surface area contributed by atoms with Gasteiger partial charge in [0.1, 0.15) is 0 Å². The summed E-state index contributed by atoms with van der Waals surface area (Å²) in [6.45, 7) is 0. The molecular formula is C24H14N2O2S2. The van der Waals surface area contributed by atoms with Gasteiger partial charge in [0.05, 0.1) is 32.3 Å². The van der Waals surface area contributed by atoms with Crippen molar-refractivity contribution in [3.63, 3.8) is 0 Å². The van der Waals surface area contributed by atoms with E-state index in [4.69, 9.17) is 0 Å². The molecular weight excluding hydrogens is 412 g/mol. The zero-order valence-corrected chi connectivity index (χ0v) is 17.2. The van der Waals surface area contributed by atoms with Crippen molar-refractivity contribution in [3.8, 4) is 21.1 Å². The van der Waals surface area contributed by atoms with Crippen LogP contribution in [0.2, 0.25) is 0 Å². The number of thiophene rings is 2. The van der Waals surface area contributed by atoms with E-state index in [2.05, 4.69) is 0 Å². The maximum absolute atomic E-state index is 13.6. The minimum atomic E-state index is -0.309. The van der Waals surface area contributed by atoms with Crippen LogP contribution in [0.5, 0.6) is 0 Å². The summed E-state index contributed by atoms with van der Waals surface area (Å²) in [4.78, 5) is 29.3. The van der Waals surface area contributed by atoms with E-state index in [1.807, 2.05) is 71.4 Å². The highest BCUT2D eigenvalue weighted by molar-refractivity contribution is 7.14. The molecule has 2 amide bonds. The van der Waals surface area contributed by atoms with Crippen molar-refractivity contribution in [2.45, 2.75) is 0 Å². The summed E-state index contributed by atoms with van der Waals surface area (Å²) in [6.07, 6.45) is 0. The third kappa shape index (κ3) is 2.38. The number of benzene rings is 2. The minimum Gasteiger partial charge on any atom is -0.267 e. The van der Waals surface area contributed by atoms with Crippen LogP contribution in [0, 0.1) is 0 Å². The average molecular weight is 427 g/mol. The standard InChI is InChI=1S/C24H14N2O2S2/c27-23-16-7-1-5-15-6-2-8-17(22(15)16)24(28)26(23)25-18(20-9-3-13-29-20)11-12-19(25)21-10-4-14-30-21/h1-14H. The lowest BCUT2D eigenvalue weighted by molar-refractivity contribution is 0.0854. The van der Waals surface area contributed by atoms with Crippen molar-refractivity contribution in [2.24, 2.45) is 0 Å². The van der Waals surface area contributed by atoms with Gasteiger partial charge in [0.15, 0.2) is 0 Å². The topological polar surface area (TPSA) is 42.3 Å². The number of imide groups is 1. The van der Waals surface area contributed by atoms with Gasteiger partial charge in [-0.15, -0.1) is 22.7 Å². The molecule has 4 heterocycles. The summed E-state index contributed by atoms with van der Waals surface area (Å²) < 4.78 is 1.77. The normalized spacial score (nSPS) is 13.4. The first-order chi connectivity index (χ1) is 14.7. The number of rotatable bonds is 3. The summed E-state index contributed by atoms with van der Waals surface area (Å²) in [5, 5.41) is 6.91. The first-order valence-corrected chi connectivity index (χ1v) is 11.2. The Balaban J connectivity index is 1.64. The smallest absolute Gasteiger partial charge is 0.267 e. The first kappa shape index (κ1) is 17.4. The molecule has 0 fully saturated rings. The first-order valence-electron chi connectivity index (χ1n) is 9.44. The maximum Gasteiger partial charge on any atom is 0.280 e. The lowest BCUT2D eigenvalue weighted by Crippen LogP contribution is -2.48. The highest BCUT2D eigenvalue weighted by Crippen LogP contribution is 2.37. The number of hydrogen-bond acceptors (Lipinski definition) is 4. The van der Waals surface area contributed by atoms with Crippen molar-refractivity contribution >= 4 is 45.3 Å². The molecule has 0 spiro atoms. The molecule has 2 aromatic carbocycles. The Morgan fingerprint density at radius 2 is 1.13 bits per heavy atom. The van der Waals surface area contributed by atoms with Gasteiger partial charge in [-0.1, -0.05) is 36.4 Å². The third-order valence-corrected chi connectivity index (χ3v) is 7.14. The molecule has 0 saturated heterocycles. The van der Waals surface area contributed by atoms with Crippen molar-refractivity contribution in [1.29, 1.82) is 0 Å². The van der Waals surface area contributed by atoms with Gasteiger partial charge < -0.3 is 0 Å². The number of amides is 2. The van der Waals surface area contributed by atoms with E-state index in [1.54, 1.807) is 39.5 Å². The van der Waals surface area contributed by atoms with Gasteiger partial charge in [-0.05, 0) is 52.5 Å². The zero-order valence-electron chi connectivity index (χ0n) is 15.6. The fraction of sp³-hybridized carbons (Fsp3) is 0. The number of hydrogen-bond donors (Lipinski definition) is 0. The highest BCUT2D eigenvalue weighted by Gasteiger charge is 2.36. The van der Waals surface area contributed by atoms with E-state index in [9.17, 15) is 9.59 Å². The number of aromatic nitrogens is 1. The van der Waals surface area contributed by atoms with Gasteiger partial charge in [-0.3, -0.25) is 9.59 Å². The predicted molar refractivity (Wildman–Crippen MR) is 122 cm³/mol. The average Bonchev–Trinajstić information content (AvgIpc) is 3.53. The second-order valence-corrected chi connectivity index (χ2v) is 8.90. The van der Waals surface area contributed by atoms with Gasteiger partial charge in [0.2, 0.25) is 0 Å². The third-order valence-electron chi connectivity index (χ3n) is 5.35. The molecule has 3 aromatic heterocycles. The molecule has 0 N–H and O–H groups in total. The molecule has 0 aliphatic carbocycles. The van der Waals surface area contributed by atoms with Crippen LogP contribution in [0.4, 0.5) is 0 Å². The fourth-order valence-electron chi connectivity index (χ4n) is 4.07. The summed E-state index contributed by atoms with van der Waals surface area (Å²) in [5.74, 6) is -0.618. The lowest BCUT2D eigenvalue weighted by atomic mass is 9.95. The summed E-state index contributed by atoms with van der Waals surface area (Å²) in [6, 6.07) is 23.1. The number of carbonyl (C=O) groups is 2. The molecule has 1 aliphatic rings. The Bertz CT molecular complexity index is 1330. The fourth-order valence-corrected chi connectivity index (χ4v) is 5.54. The van der Waals surface area contributed by atoms with Crippen molar-refractivity contribution in [3.05, 3.63) is 94.7 Å². The van der Waals surface area contributed by atoms with Crippen molar-refractivity contribution in [1.82, 2.24) is 4.68 Å². The van der Waals surface area contributed by atoms with Gasteiger partial charge in [0.25, 0.3) is 11.8 Å². The van der Waals surface area contributed by atoms with E-state index >= 15 is 0 Å². The number of carbonyl (C=O) groups excluding carboxylic acids is 2. The zero-order chi connectivity index (χ0) is 20.2. The molecule has 4 nitrogen and oxygen atoms in total. The molecule has 0 radical (unpaired) electrons. The maximum atomic E-state index is 13.6. The second kappa shape index (κ2) is 6.52. The van der Waals surface area contributed by atoms with Gasteiger partial charge in [-0.2, -0.15) is 5.01 Å². The summed E-state index contributed by atoms with van der Waals surface area (Å²) in [7, 11) is 0. The summed E-state index contributed by atoms with van der Waals surface area (Å²) >= 11 is 3.16. The molecule has 0 bridgehead atoms. The Labute approximate surface area is 180 Å². The van der Waals surface area contributed by atoms with Crippen molar-refractivity contribution < 1.29 is 9.59 Å². The van der Waals surface area contributed by atoms with Gasteiger partial charge in [0, 0.05) is 5.39 Å². The lowest BCUT2D eigenvalue weighted by Gasteiger charge is -2.30. The molecule has 1 aliphatic heterocycles. The van der Waals surface area contributed by atoms with Crippen LogP contribution in [-0.2, 0) is 0 Å². The van der Waals surface area contributed by atoms with Crippen LogP contribution in [0.3, 0.4) is 0 Å². The largest absolute Gasteiger partial charge is 0.280 e. The van der Waals surface area contributed by atoms with Crippen LogP contribution in [0.1, 0.15) is 20.7 Å². The van der Waals surface area contributed by atoms with Gasteiger partial charge >= 0.3 is 0 Å². The van der Waals surface area contributed by atoms with E-state index in [-0.39, 0.29) is 11.8 Å². The molecule has 6 heteroatoms. The Kier molecular flexibility index (Phi) is 3.78. The van der Waals surface area contributed by atoms with E-state index in [0.29, 0.717) is 11.1 Å². The molecule has 144 valence electrons. The van der Waals surface area contributed by atoms with Crippen LogP contribution in [-0.4, -0.2) is 16.5 Å².